The molecular weight excluding hydrogens is 687 g/mol. The molecule has 0 radical (unpaired) electrons. The molecule has 3 aromatic heterocycles. The van der Waals surface area contributed by atoms with Gasteiger partial charge in [-0.05, 0) is 81.5 Å². The van der Waals surface area contributed by atoms with Crippen molar-refractivity contribution < 1.29 is 4.42 Å². The summed E-state index contributed by atoms with van der Waals surface area (Å²) in [6.07, 6.45) is 0. The maximum atomic E-state index is 6.52. The van der Waals surface area contributed by atoms with Gasteiger partial charge in [-0.25, -0.2) is 0 Å². The Morgan fingerprint density at radius 3 is 2.11 bits per heavy atom. The minimum Gasteiger partial charge on any atom is -0.456 e. The topological polar surface area (TPSA) is 30.1 Å². The van der Waals surface area contributed by atoms with Crippen molar-refractivity contribution in [3.05, 3.63) is 139 Å². The van der Waals surface area contributed by atoms with Crippen molar-refractivity contribution in [2.24, 2.45) is 0 Å². The molecule has 266 valence electrons. The predicted octanol–water partition coefficient (Wildman–Crippen LogP) is 12.8. The third-order valence-electron chi connectivity index (χ3n) is 11.9. The maximum Gasteiger partial charge on any atom is 0.198 e. The van der Waals surface area contributed by atoms with Gasteiger partial charge in [-0.1, -0.05) is 120 Å². The van der Waals surface area contributed by atoms with Gasteiger partial charge >= 0.3 is 0 Å². The van der Waals surface area contributed by atoms with E-state index in [1.165, 1.54) is 86.2 Å². The van der Waals surface area contributed by atoms with Crippen molar-refractivity contribution >= 4 is 105 Å². The van der Waals surface area contributed by atoms with Crippen LogP contribution in [0, 0.1) is 0 Å². The normalized spacial score (nSPS) is 13.1. The van der Waals surface area contributed by atoms with Gasteiger partial charge in [0, 0.05) is 75.9 Å². The van der Waals surface area contributed by atoms with Gasteiger partial charge in [-0.2, -0.15) is 0 Å². The zero-order valence-electron chi connectivity index (χ0n) is 32.1. The summed E-state index contributed by atoms with van der Waals surface area (Å²) in [5.74, 6) is 0. The summed E-state index contributed by atoms with van der Waals surface area (Å²) in [5.41, 5.74) is 15.7. The average Bonchev–Trinajstić information content (AvgIpc) is 3.82. The van der Waals surface area contributed by atoms with E-state index < -0.39 is 0 Å². The fourth-order valence-corrected chi connectivity index (χ4v) is 10.1. The van der Waals surface area contributed by atoms with Gasteiger partial charge in [0.2, 0.25) is 0 Å². The molecule has 5 heteroatoms. The average molecular weight is 729 g/mol. The molecule has 0 aliphatic carbocycles. The number of hydrogen-bond donors (Lipinski definition) is 1. The Bertz CT molecular complexity index is 3220. The third-order valence-corrected chi connectivity index (χ3v) is 13.1. The molecule has 0 fully saturated rings. The van der Waals surface area contributed by atoms with Crippen LogP contribution in [-0.4, -0.2) is 11.8 Å². The van der Waals surface area contributed by atoms with Crippen LogP contribution in [0.2, 0.25) is 0 Å². The van der Waals surface area contributed by atoms with E-state index in [4.69, 9.17) is 4.42 Å². The summed E-state index contributed by atoms with van der Waals surface area (Å²) in [5, 5.41) is 11.4. The highest BCUT2D eigenvalue weighted by molar-refractivity contribution is 7.25. The third kappa shape index (κ3) is 4.95. The zero-order valence-corrected chi connectivity index (χ0v) is 32.9. The molecule has 0 saturated carbocycles. The zero-order chi connectivity index (χ0) is 37.4. The highest BCUT2D eigenvalue weighted by atomic mass is 32.1. The van der Waals surface area contributed by atoms with Crippen LogP contribution in [0.3, 0.4) is 0 Å². The van der Waals surface area contributed by atoms with E-state index in [9.17, 15) is 0 Å². The molecule has 4 heterocycles. The molecule has 7 aromatic carbocycles. The van der Waals surface area contributed by atoms with Crippen LogP contribution in [0.1, 0.15) is 52.7 Å². The van der Waals surface area contributed by atoms with E-state index in [-0.39, 0.29) is 10.8 Å². The van der Waals surface area contributed by atoms with Crippen molar-refractivity contribution in [1.29, 1.82) is 0 Å². The molecule has 0 spiro atoms. The maximum absolute atomic E-state index is 6.52. The van der Waals surface area contributed by atoms with Gasteiger partial charge in [0.25, 0.3) is 0 Å². The number of aromatic nitrogens is 1. The smallest absolute Gasteiger partial charge is 0.198 e. The van der Waals surface area contributed by atoms with E-state index in [2.05, 4.69) is 179 Å². The van der Waals surface area contributed by atoms with E-state index in [0.717, 1.165) is 35.2 Å². The molecule has 55 heavy (non-hydrogen) atoms. The number of nitrogens with one attached hydrogen (secondary N) is 1. The Morgan fingerprint density at radius 1 is 0.564 bits per heavy atom. The van der Waals surface area contributed by atoms with Crippen molar-refractivity contribution in [1.82, 2.24) is 4.57 Å². The SMILES string of the molecule is CC(C)(C)c1ccc(Nc2ccc(C(C)(C)C)cc2-c2ccc3c4cc5sc6ccccc6c5cc4n4c3c2Bc2cc3c(cc2-4)oc2ccccc23)cc1. The summed E-state index contributed by atoms with van der Waals surface area (Å²) >= 11 is 1.89. The Kier molecular flexibility index (Phi) is 6.75. The van der Waals surface area contributed by atoms with Crippen molar-refractivity contribution in [3.63, 3.8) is 0 Å². The first kappa shape index (κ1) is 32.6. The van der Waals surface area contributed by atoms with Crippen LogP contribution in [-0.2, 0) is 10.8 Å². The molecule has 0 unspecified atom stereocenters. The lowest BCUT2D eigenvalue weighted by Gasteiger charge is -2.26. The number of fused-ring (bicyclic) bond motifs is 11. The molecule has 1 aliphatic heterocycles. The number of thiophene rings is 1. The van der Waals surface area contributed by atoms with Crippen LogP contribution in [0.5, 0.6) is 0 Å². The Morgan fingerprint density at radius 2 is 1.31 bits per heavy atom. The summed E-state index contributed by atoms with van der Waals surface area (Å²) in [6, 6.07) is 47.6. The molecule has 11 rings (SSSR count). The Labute approximate surface area is 325 Å². The second-order valence-corrected chi connectivity index (χ2v) is 18.6. The fourth-order valence-electron chi connectivity index (χ4n) is 8.97. The van der Waals surface area contributed by atoms with Crippen LogP contribution in [0.25, 0.3) is 80.7 Å². The number of anilines is 2. The minimum absolute atomic E-state index is 0.00701. The highest BCUT2D eigenvalue weighted by Gasteiger charge is 2.29. The van der Waals surface area contributed by atoms with Gasteiger partial charge in [-0.3, -0.25) is 0 Å². The Balaban J connectivity index is 1.20. The van der Waals surface area contributed by atoms with E-state index in [0.29, 0.717) is 0 Å². The van der Waals surface area contributed by atoms with E-state index >= 15 is 0 Å². The van der Waals surface area contributed by atoms with Crippen LogP contribution in [0.4, 0.5) is 11.4 Å². The fraction of sp³-hybridized carbons (Fsp3) is 0.160. The number of nitrogens with zero attached hydrogens (tertiary/aromatic N) is 1. The molecule has 1 N–H and O–H groups in total. The summed E-state index contributed by atoms with van der Waals surface area (Å²) in [7, 11) is 0.824. The quantitative estimate of drug-likeness (QED) is 0.184. The number of benzene rings is 7. The number of rotatable bonds is 3. The molecule has 0 saturated heterocycles. The molecule has 0 atom stereocenters. The van der Waals surface area contributed by atoms with Gasteiger partial charge < -0.3 is 14.3 Å². The Hall–Kier alpha value is -5.78. The van der Waals surface area contributed by atoms with Gasteiger partial charge in [0.05, 0.1) is 5.52 Å². The molecule has 10 aromatic rings. The lowest BCUT2D eigenvalue weighted by atomic mass is 9.59. The number of para-hydroxylation sites is 1. The number of hydrogen-bond acceptors (Lipinski definition) is 3. The number of furan rings is 1. The second kappa shape index (κ2) is 11.4. The summed E-state index contributed by atoms with van der Waals surface area (Å²) in [6.45, 7) is 13.7. The predicted molar refractivity (Wildman–Crippen MR) is 240 cm³/mol. The van der Waals surface area contributed by atoms with E-state index in [1.54, 1.807) is 0 Å². The lowest BCUT2D eigenvalue weighted by Crippen LogP contribution is -2.37. The summed E-state index contributed by atoms with van der Waals surface area (Å²) in [4.78, 5) is 0. The lowest BCUT2D eigenvalue weighted by molar-refractivity contribution is 0.590. The monoisotopic (exact) mass is 728 g/mol. The molecular formula is C50H41BN2OS. The van der Waals surface area contributed by atoms with E-state index in [1.807, 2.05) is 11.3 Å². The first-order valence-electron chi connectivity index (χ1n) is 19.4. The minimum atomic E-state index is -0.00701. The highest BCUT2D eigenvalue weighted by Crippen LogP contribution is 2.43. The van der Waals surface area contributed by atoms with Gasteiger partial charge in [0.1, 0.15) is 11.2 Å². The van der Waals surface area contributed by atoms with Crippen molar-refractivity contribution in [2.45, 2.75) is 52.4 Å². The largest absolute Gasteiger partial charge is 0.456 e. The molecule has 0 bridgehead atoms. The molecule has 1 aliphatic rings. The van der Waals surface area contributed by atoms with Crippen LogP contribution >= 0.6 is 11.3 Å². The van der Waals surface area contributed by atoms with Gasteiger partial charge in [-0.15, -0.1) is 11.3 Å². The first-order chi connectivity index (χ1) is 26.5. The van der Waals surface area contributed by atoms with Crippen LogP contribution in [0.15, 0.2) is 132 Å². The van der Waals surface area contributed by atoms with Crippen molar-refractivity contribution in [2.75, 3.05) is 5.32 Å². The van der Waals surface area contributed by atoms with Crippen LogP contribution < -0.4 is 16.2 Å². The standard InChI is InChI=1S/C50H41BN2OS/c1-49(2,3)28-15-18-30(19-16-28)52-40-22-17-29(50(4,5)6)23-35(40)33-20-21-34-36-26-46-38(32-12-8-10-14-45(32)55-46)25-41(36)53-42-27-44-37(24-39(42)51-47(33)48(34)53)31-11-7-9-13-43(31)54-44/h7-27,51-52H,1-6H3. The van der Waals surface area contributed by atoms with Gasteiger partial charge in [0.15, 0.2) is 7.28 Å². The van der Waals surface area contributed by atoms with Crippen molar-refractivity contribution in [3.8, 4) is 16.8 Å². The molecule has 3 nitrogen and oxygen atoms in total. The first-order valence-corrected chi connectivity index (χ1v) is 20.2. The summed E-state index contributed by atoms with van der Waals surface area (Å²) < 4.78 is 11.7. The second-order valence-electron chi connectivity index (χ2n) is 17.5. The molecule has 0 amide bonds.